The van der Waals surface area contributed by atoms with Crippen molar-refractivity contribution in [3.05, 3.63) is 29.7 Å². The molecule has 2 aromatic rings. The van der Waals surface area contributed by atoms with Crippen LogP contribution >= 0.6 is 0 Å². The lowest BCUT2D eigenvalue weighted by Crippen LogP contribution is -2.03. The Kier molecular flexibility index (Phi) is 2.98. The van der Waals surface area contributed by atoms with E-state index in [4.69, 9.17) is 15.1 Å². The summed E-state index contributed by atoms with van der Waals surface area (Å²) in [5.41, 5.74) is 0.779. The minimum atomic E-state index is -0.187. The molecule has 0 saturated heterocycles. The van der Waals surface area contributed by atoms with Gasteiger partial charge in [0.1, 0.15) is 23.1 Å². The molecule has 0 aliphatic heterocycles. The number of hydrogen-bond acceptors (Lipinski definition) is 6. The maximum Gasteiger partial charge on any atom is 0.178 e. The third kappa shape index (κ3) is 2.07. The number of nitrogens with zero attached hydrogens (tertiary/aromatic N) is 5. The molecule has 0 aromatic carbocycles. The summed E-state index contributed by atoms with van der Waals surface area (Å²) in [5.74, 6) is 0.820. The predicted molar refractivity (Wildman–Crippen MR) is 56.3 cm³/mol. The summed E-state index contributed by atoms with van der Waals surface area (Å²) in [4.78, 5) is 5.29. The van der Waals surface area contributed by atoms with Crippen molar-refractivity contribution in [3.8, 4) is 17.6 Å². The van der Waals surface area contributed by atoms with Gasteiger partial charge in [-0.3, -0.25) is 0 Å². The minimum Gasteiger partial charge on any atom is -0.495 e. The van der Waals surface area contributed by atoms with E-state index in [9.17, 15) is 0 Å². The highest BCUT2D eigenvalue weighted by molar-refractivity contribution is 5.45. The van der Waals surface area contributed by atoms with Gasteiger partial charge in [-0.25, -0.2) is 4.98 Å². The monoisotopic (exact) mass is 231 g/mol. The molecule has 17 heavy (non-hydrogen) atoms. The van der Waals surface area contributed by atoms with E-state index in [2.05, 4.69) is 15.2 Å². The van der Waals surface area contributed by atoms with Crippen LogP contribution in [0.25, 0.3) is 5.82 Å². The van der Waals surface area contributed by atoms with Crippen LogP contribution in [0, 0.1) is 11.3 Å². The zero-order valence-electron chi connectivity index (χ0n) is 9.03. The molecule has 7 heteroatoms. The fourth-order valence-corrected chi connectivity index (χ4v) is 1.27. The first-order valence-corrected chi connectivity index (χ1v) is 4.75. The van der Waals surface area contributed by atoms with Crippen LogP contribution in [-0.2, 0) is 6.61 Å². The molecule has 0 aliphatic carbocycles. The van der Waals surface area contributed by atoms with Crippen LogP contribution in [0.2, 0.25) is 0 Å². The number of methoxy groups -OCH3 is 1. The van der Waals surface area contributed by atoms with Crippen molar-refractivity contribution in [2.24, 2.45) is 0 Å². The average Bonchev–Trinajstić information content (AvgIpc) is 2.86. The molecule has 7 nitrogen and oxygen atoms in total. The Morgan fingerprint density at radius 1 is 1.53 bits per heavy atom. The molecule has 2 aromatic heterocycles. The van der Waals surface area contributed by atoms with Gasteiger partial charge in [-0.1, -0.05) is 0 Å². The molecule has 0 spiro atoms. The first kappa shape index (κ1) is 11.0. The third-order valence-corrected chi connectivity index (χ3v) is 2.10. The molecule has 0 radical (unpaired) electrons. The van der Waals surface area contributed by atoms with Crippen molar-refractivity contribution >= 4 is 0 Å². The Morgan fingerprint density at radius 3 is 2.94 bits per heavy atom. The second kappa shape index (κ2) is 4.59. The van der Waals surface area contributed by atoms with Gasteiger partial charge in [0.05, 0.1) is 26.1 Å². The van der Waals surface area contributed by atoms with Gasteiger partial charge >= 0.3 is 0 Å². The minimum absolute atomic E-state index is 0.187. The Morgan fingerprint density at radius 2 is 2.35 bits per heavy atom. The number of pyridine rings is 1. The zero-order chi connectivity index (χ0) is 12.3. The maximum absolute atomic E-state index is 8.88. The van der Waals surface area contributed by atoms with E-state index in [0.717, 1.165) is 0 Å². The molecule has 0 amide bonds. The number of aromatic nitrogens is 4. The molecule has 0 bridgehead atoms. The van der Waals surface area contributed by atoms with Crippen molar-refractivity contribution in [1.29, 1.82) is 5.26 Å². The number of rotatable bonds is 3. The fourth-order valence-electron chi connectivity index (χ4n) is 1.27. The lowest BCUT2D eigenvalue weighted by molar-refractivity contribution is 0.276. The summed E-state index contributed by atoms with van der Waals surface area (Å²) in [6.45, 7) is -0.187. The Labute approximate surface area is 96.9 Å². The molecule has 0 unspecified atom stereocenters. The molecule has 0 atom stereocenters. The lowest BCUT2D eigenvalue weighted by atomic mass is 10.3. The van der Waals surface area contributed by atoms with Crippen LogP contribution in [0.3, 0.4) is 0 Å². The van der Waals surface area contributed by atoms with E-state index >= 15 is 0 Å². The lowest BCUT2D eigenvalue weighted by Gasteiger charge is -2.04. The number of hydrogen-bond donors (Lipinski definition) is 1. The third-order valence-electron chi connectivity index (χ3n) is 2.10. The second-order valence-corrected chi connectivity index (χ2v) is 3.14. The molecule has 2 heterocycles. The number of aliphatic hydroxyl groups excluding tert-OH is 1. The largest absolute Gasteiger partial charge is 0.495 e. The standard InChI is InChI=1S/C10H9N5O2/c1-17-9-2-10(12-4-7(9)3-11)15-13-5-8(6-16)14-15/h2,4-5,16H,6H2,1H3. The Hall–Kier alpha value is -2.46. The van der Waals surface area contributed by atoms with Gasteiger partial charge in [0, 0.05) is 6.07 Å². The average molecular weight is 231 g/mol. The topological polar surface area (TPSA) is 96.8 Å². The fraction of sp³-hybridized carbons (Fsp3) is 0.200. The zero-order valence-corrected chi connectivity index (χ0v) is 9.03. The molecule has 1 N–H and O–H groups in total. The summed E-state index contributed by atoms with van der Waals surface area (Å²) in [6.07, 6.45) is 2.82. The highest BCUT2D eigenvalue weighted by atomic mass is 16.5. The SMILES string of the molecule is COc1cc(-n2ncc(CO)n2)ncc1C#N. The van der Waals surface area contributed by atoms with Crippen molar-refractivity contribution < 1.29 is 9.84 Å². The molecular formula is C10H9N5O2. The van der Waals surface area contributed by atoms with Crippen LogP contribution in [0.5, 0.6) is 5.75 Å². The van der Waals surface area contributed by atoms with Crippen LogP contribution in [0.4, 0.5) is 0 Å². The Bertz CT molecular complexity index is 572. The van der Waals surface area contributed by atoms with Crippen LogP contribution < -0.4 is 4.74 Å². The predicted octanol–water partition coefficient (Wildman–Crippen LogP) is 0.0349. The van der Waals surface area contributed by atoms with Gasteiger partial charge in [-0.2, -0.15) is 10.4 Å². The quantitative estimate of drug-likeness (QED) is 0.800. The first-order valence-electron chi connectivity index (χ1n) is 4.75. The molecule has 0 saturated carbocycles. The summed E-state index contributed by atoms with van der Waals surface area (Å²) >= 11 is 0. The molecule has 0 fully saturated rings. The van der Waals surface area contributed by atoms with Crippen molar-refractivity contribution in [2.75, 3.05) is 7.11 Å². The molecule has 2 rings (SSSR count). The van der Waals surface area contributed by atoms with Crippen molar-refractivity contribution in [1.82, 2.24) is 20.0 Å². The van der Waals surface area contributed by atoms with E-state index in [1.165, 1.54) is 24.3 Å². The molecular weight excluding hydrogens is 222 g/mol. The van der Waals surface area contributed by atoms with E-state index in [-0.39, 0.29) is 6.61 Å². The first-order chi connectivity index (χ1) is 8.28. The summed E-state index contributed by atoms with van der Waals surface area (Å²) < 4.78 is 5.05. The van der Waals surface area contributed by atoms with Gasteiger partial charge in [-0.15, -0.1) is 9.90 Å². The normalized spacial score (nSPS) is 9.94. The molecule has 86 valence electrons. The van der Waals surface area contributed by atoms with E-state index in [1.54, 1.807) is 6.07 Å². The van der Waals surface area contributed by atoms with Gasteiger partial charge in [0.25, 0.3) is 0 Å². The van der Waals surface area contributed by atoms with Gasteiger partial charge < -0.3 is 9.84 Å². The smallest absolute Gasteiger partial charge is 0.178 e. The number of aliphatic hydroxyl groups is 1. The maximum atomic E-state index is 8.88. The van der Waals surface area contributed by atoms with E-state index in [0.29, 0.717) is 22.8 Å². The second-order valence-electron chi connectivity index (χ2n) is 3.14. The van der Waals surface area contributed by atoms with E-state index in [1.807, 2.05) is 6.07 Å². The van der Waals surface area contributed by atoms with Crippen LogP contribution in [0.1, 0.15) is 11.3 Å². The number of ether oxygens (including phenoxy) is 1. The van der Waals surface area contributed by atoms with Gasteiger partial charge in [-0.05, 0) is 0 Å². The van der Waals surface area contributed by atoms with Crippen molar-refractivity contribution in [2.45, 2.75) is 6.61 Å². The van der Waals surface area contributed by atoms with Crippen LogP contribution in [0.15, 0.2) is 18.5 Å². The molecule has 0 aliphatic rings. The van der Waals surface area contributed by atoms with Gasteiger partial charge in [0.2, 0.25) is 0 Å². The van der Waals surface area contributed by atoms with Crippen LogP contribution in [-0.4, -0.2) is 32.2 Å². The number of nitriles is 1. The highest BCUT2D eigenvalue weighted by Crippen LogP contribution is 2.18. The summed E-state index contributed by atoms with van der Waals surface area (Å²) in [6, 6.07) is 3.52. The summed E-state index contributed by atoms with van der Waals surface area (Å²) in [5, 5.41) is 25.6. The van der Waals surface area contributed by atoms with Gasteiger partial charge in [0.15, 0.2) is 5.82 Å². The van der Waals surface area contributed by atoms with Crippen molar-refractivity contribution in [3.63, 3.8) is 0 Å². The highest BCUT2D eigenvalue weighted by Gasteiger charge is 2.08. The Balaban J connectivity index is 2.43. The van der Waals surface area contributed by atoms with E-state index < -0.39 is 0 Å². The summed E-state index contributed by atoms with van der Waals surface area (Å²) in [7, 11) is 1.47.